The van der Waals surface area contributed by atoms with Crippen LogP contribution >= 0.6 is 0 Å². The molecule has 0 spiro atoms. The van der Waals surface area contributed by atoms with E-state index in [1.807, 2.05) is 37.3 Å². The third-order valence-corrected chi connectivity index (χ3v) is 4.59. The molecule has 6 nitrogen and oxygen atoms in total. The van der Waals surface area contributed by atoms with E-state index in [0.717, 1.165) is 41.8 Å². The second-order valence-electron chi connectivity index (χ2n) is 6.13. The van der Waals surface area contributed by atoms with Crippen LogP contribution in [0.4, 0.5) is 5.82 Å². The Bertz CT molecular complexity index is 875. The SMILES string of the molecule is Cc1noc2ncnc(N3CCC[C@@H]3CC(=O)c3ccccc3)c12. The lowest BCUT2D eigenvalue weighted by molar-refractivity contribution is 0.0974. The van der Waals surface area contributed by atoms with Crippen molar-refractivity contribution in [2.24, 2.45) is 0 Å². The molecule has 0 unspecified atom stereocenters. The number of carbonyl (C=O) groups excluding carboxylic acids is 1. The third-order valence-electron chi connectivity index (χ3n) is 4.59. The quantitative estimate of drug-likeness (QED) is 0.687. The summed E-state index contributed by atoms with van der Waals surface area (Å²) in [6.07, 6.45) is 4.01. The van der Waals surface area contributed by atoms with E-state index in [-0.39, 0.29) is 11.8 Å². The van der Waals surface area contributed by atoms with Gasteiger partial charge in [-0.25, -0.2) is 4.98 Å². The number of Topliss-reactive ketones (excluding diaryl/α,β-unsaturated/α-hetero) is 1. The molecule has 1 saturated heterocycles. The van der Waals surface area contributed by atoms with Crippen LogP contribution in [0, 0.1) is 6.92 Å². The minimum Gasteiger partial charge on any atom is -0.352 e. The average Bonchev–Trinajstić information content (AvgIpc) is 3.23. The zero-order valence-electron chi connectivity index (χ0n) is 13.5. The van der Waals surface area contributed by atoms with E-state index in [0.29, 0.717) is 12.1 Å². The van der Waals surface area contributed by atoms with Gasteiger partial charge >= 0.3 is 0 Å². The molecule has 1 aliphatic heterocycles. The molecule has 6 heteroatoms. The van der Waals surface area contributed by atoms with Gasteiger partial charge in [0.2, 0.25) is 0 Å². The fourth-order valence-corrected chi connectivity index (χ4v) is 3.40. The highest BCUT2D eigenvalue weighted by atomic mass is 16.5. The highest BCUT2D eigenvalue weighted by Crippen LogP contribution is 2.32. The Labute approximate surface area is 139 Å². The molecule has 0 saturated carbocycles. The van der Waals surface area contributed by atoms with E-state index < -0.39 is 0 Å². The van der Waals surface area contributed by atoms with E-state index in [1.165, 1.54) is 6.33 Å². The van der Waals surface area contributed by atoms with Crippen molar-refractivity contribution in [3.63, 3.8) is 0 Å². The van der Waals surface area contributed by atoms with Gasteiger partial charge in [-0.2, -0.15) is 4.98 Å². The van der Waals surface area contributed by atoms with Crippen LogP contribution in [0.15, 0.2) is 41.2 Å². The Kier molecular flexibility index (Phi) is 3.72. The summed E-state index contributed by atoms with van der Waals surface area (Å²) in [5.41, 5.74) is 2.04. The van der Waals surface area contributed by atoms with Crippen LogP contribution in [0.5, 0.6) is 0 Å². The number of rotatable bonds is 4. The summed E-state index contributed by atoms with van der Waals surface area (Å²) >= 11 is 0. The second kappa shape index (κ2) is 6.03. The van der Waals surface area contributed by atoms with Crippen molar-refractivity contribution in [1.82, 2.24) is 15.1 Å². The summed E-state index contributed by atoms with van der Waals surface area (Å²) in [6.45, 7) is 2.77. The smallest absolute Gasteiger partial charge is 0.263 e. The van der Waals surface area contributed by atoms with E-state index in [2.05, 4.69) is 20.0 Å². The summed E-state index contributed by atoms with van der Waals surface area (Å²) in [6, 6.07) is 9.60. The van der Waals surface area contributed by atoms with Crippen molar-refractivity contribution in [1.29, 1.82) is 0 Å². The standard InChI is InChI=1S/C18H18N4O2/c1-12-16-17(19-11-20-18(16)24-21-12)22-9-5-8-14(22)10-15(23)13-6-3-2-4-7-13/h2-4,6-7,11,14H,5,8-10H2,1H3/t14-/m1/s1. The van der Waals surface area contributed by atoms with Gasteiger partial charge in [-0.15, -0.1) is 0 Å². The predicted octanol–water partition coefficient (Wildman–Crippen LogP) is 3.17. The van der Waals surface area contributed by atoms with Gasteiger partial charge in [-0.1, -0.05) is 35.5 Å². The number of carbonyl (C=O) groups is 1. The Hall–Kier alpha value is -2.76. The highest BCUT2D eigenvalue weighted by molar-refractivity contribution is 5.97. The number of nitrogens with zero attached hydrogens (tertiary/aromatic N) is 4. The molecular formula is C18H18N4O2. The molecule has 24 heavy (non-hydrogen) atoms. The van der Waals surface area contributed by atoms with Gasteiger partial charge in [0.1, 0.15) is 17.5 Å². The van der Waals surface area contributed by atoms with Crippen molar-refractivity contribution in [2.75, 3.05) is 11.4 Å². The maximum absolute atomic E-state index is 12.6. The van der Waals surface area contributed by atoms with Gasteiger partial charge in [-0.05, 0) is 19.8 Å². The number of anilines is 1. The zero-order valence-corrected chi connectivity index (χ0v) is 13.5. The van der Waals surface area contributed by atoms with Crippen LogP contribution in [0.2, 0.25) is 0 Å². The summed E-state index contributed by atoms with van der Waals surface area (Å²) in [5.74, 6) is 0.988. The van der Waals surface area contributed by atoms with Crippen LogP contribution in [0.1, 0.15) is 35.3 Å². The normalized spacial score (nSPS) is 17.5. The first-order chi connectivity index (χ1) is 11.7. The molecule has 1 aliphatic rings. The van der Waals surface area contributed by atoms with Crippen LogP contribution in [0.3, 0.4) is 0 Å². The van der Waals surface area contributed by atoms with E-state index in [9.17, 15) is 4.79 Å². The Balaban J connectivity index is 1.63. The van der Waals surface area contributed by atoms with Gasteiger partial charge in [-0.3, -0.25) is 4.79 Å². The fraction of sp³-hybridized carbons (Fsp3) is 0.333. The zero-order chi connectivity index (χ0) is 16.5. The van der Waals surface area contributed by atoms with Crippen molar-refractivity contribution < 1.29 is 9.32 Å². The van der Waals surface area contributed by atoms with E-state index >= 15 is 0 Å². The lowest BCUT2D eigenvalue weighted by atomic mass is 10.0. The van der Waals surface area contributed by atoms with Crippen LogP contribution in [-0.2, 0) is 0 Å². The van der Waals surface area contributed by atoms with Gasteiger partial charge in [0, 0.05) is 24.6 Å². The minimum absolute atomic E-state index is 0.144. The summed E-state index contributed by atoms with van der Waals surface area (Å²) < 4.78 is 5.24. The number of hydrogen-bond acceptors (Lipinski definition) is 6. The third kappa shape index (κ3) is 2.54. The van der Waals surface area contributed by atoms with Crippen LogP contribution < -0.4 is 4.90 Å². The molecule has 0 radical (unpaired) electrons. The molecule has 4 rings (SSSR count). The van der Waals surface area contributed by atoms with Gasteiger partial charge < -0.3 is 9.42 Å². The first-order valence-corrected chi connectivity index (χ1v) is 8.16. The molecule has 2 aromatic heterocycles. The maximum Gasteiger partial charge on any atom is 0.263 e. The molecular weight excluding hydrogens is 304 g/mol. The highest BCUT2D eigenvalue weighted by Gasteiger charge is 2.30. The molecule has 122 valence electrons. The summed E-state index contributed by atoms with van der Waals surface area (Å²) in [4.78, 5) is 23.4. The van der Waals surface area contributed by atoms with Crippen molar-refractivity contribution in [2.45, 2.75) is 32.2 Å². The molecule has 3 aromatic rings. The second-order valence-corrected chi connectivity index (χ2v) is 6.13. The summed E-state index contributed by atoms with van der Waals surface area (Å²) in [7, 11) is 0. The van der Waals surface area contributed by atoms with E-state index in [1.54, 1.807) is 0 Å². The largest absolute Gasteiger partial charge is 0.352 e. The number of ketones is 1. The molecule has 1 fully saturated rings. The summed E-state index contributed by atoms with van der Waals surface area (Å²) in [5, 5.41) is 4.83. The van der Waals surface area contributed by atoms with Crippen LogP contribution in [0.25, 0.3) is 11.1 Å². The first kappa shape index (κ1) is 14.8. The van der Waals surface area contributed by atoms with Gasteiger partial charge in [0.05, 0.1) is 5.69 Å². The Morgan fingerprint density at radius 2 is 2.12 bits per heavy atom. The molecule has 0 bridgehead atoms. The number of fused-ring (bicyclic) bond motifs is 1. The molecule has 0 amide bonds. The topological polar surface area (TPSA) is 72.1 Å². The average molecular weight is 322 g/mol. The predicted molar refractivity (Wildman–Crippen MR) is 90.1 cm³/mol. The van der Waals surface area contributed by atoms with Crippen molar-refractivity contribution >= 4 is 22.7 Å². The van der Waals surface area contributed by atoms with Gasteiger partial charge in [0.25, 0.3) is 5.71 Å². The van der Waals surface area contributed by atoms with Crippen LogP contribution in [-0.4, -0.2) is 33.5 Å². The molecule has 1 atom stereocenters. The maximum atomic E-state index is 12.6. The van der Waals surface area contributed by atoms with E-state index in [4.69, 9.17) is 4.52 Å². The first-order valence-electron chi connectivity index (χ1n) is 8.16. The molecule has 0 aliphatic carbocycles. The monoisotopic (exact) mass is 322 g/mol. The number of hydrogen-bond donors (Lipinski definition) is 0. The Morgan fingerprint density at radius 1 is 1.29 bits per heavy atom. The fourth-order valence-electron chi connectivity index (χ4n) is 3.40. The number of aromatic nitrogens is 3. The lowest BCUT2D eigenvalue weighted by Gasteiger charge is -2.25. The number of benzene rings is 1. The lowest BCUT2D eigenvalue weighted by Crippen LogP contribution is -2.32. The molecule has 3 heterocycles. The van der Waals surface area contributed by atoms with Gasteiger partial charge in [0.15, 0.2) is 5.78 Å². The number of aryl methyl sites for hydroxylation is 1. The Morgan fingerprint density at radius 3 is 2.96 bits per heavy atom. The minimum atomic E-state index is 0.144. The van der Waals surface area contributed by atoms with Crippen molar-refractivity contribution in [3.05, 3.63) is 47.9 Å². The molecule has 1 aromatic carbocycles. The molecule has 0 N–H and O–H groups in total. The van der Waals surface area contributed by atoms with Crippen molar-refractivity contribution in [3.8, 4) is 0 Å².